The Kier molecular flexibility index (Phi) is 73.8. The number of nitriles is 2. The fourth-order valence-corrected chi connectivity index (χ4v) is 0. The van der Waals surface area contributed by atoms with Gasteiger partial charge in [0.25, 0.3) is 0 Å². The van der Waals surface area contributed by atoms with E-state index in [9.17, 15) is 0 Å². The van der Waals surface area contributed by atoms with Crippen LogP contribution >= 0.6 is 0 Å². The molecule has 0 unspecified atom stereocenters. The third-order valence-electron chi connectivity index (χ3n) is 0. The van der Waals surface area contributed by atoms with Crippen molar-refractivity contribution < 1.29 is 27.3 Å². The second kappa shape index (κ2) is 33.0. The molecule has 0 bridgehead atoms. The summed E-state index contributed by atoms with van der Waals surface area (Å²) in [6.07, 6.45) is 0. The molecule has 7 heavy (non-hydrogen) atoms. The zero-order valence-electron chi connectivity index (χ0n) is 3.42. The van der Waals surface area contributed by atoms with Gasteiger partial charge < -0.3 is 25.3 Å². The smallest absolute Gasteiger partial charge is 0.696 e. The number of thiocyanates is 2. The normalized spacial score (nSPS) is 2.00. The van der Waals surface area contributed by atoms with Crippen molar-refractivity contribution in [3.63, 3.8) is 0 Å². The molecule has 0 aliphatic heterocycles. The average molecular weight is 229 g/mol. The SMILES string of the molecule is N#C[S-].N#C[S-].[Cd+2]. The summed E-state index contributed by atoms with van der Waals surface area (Å²) >= 11 is 7.40. The number of hydrogen-bond acceptors (Lipinski definition) is 4. The molecule has 5 heteroatoms. The van der Waals surface area contributed by atoms with Crippen LogP contribution in [0.25, 0.3) is 0 Å². The van der Waals surface area contributed by atoms with E-state index in [2.05, 4.69) is 25.3 Å². The summed E-state index contributed by atoms with van der Waals surface area (Å²) in [5.41, 5.74) is 0. The summed E-state index contributed by atoms with van der Waals surface area (Å²) in [6.45, 7) is 0. The van der Waals surface area contributed by atoms with Crippen LogP contribution in [-0.4, -0.2) is 0 Å². The Hall–Kier alpha value is 0.342. The predicted molar refractivity (Wildman–Crippen MR) is 26.0 cm³/mol. The van der Waals surface area contributed by atoms with E-state index < -0.39 is 0 Å². The molecule has 0 N–H and O–H groups in total. The topological polar surface area (TPSA) is 47.6 Å². The first-order valence-corrected chi connectivity index (χ1v) is 1.67. The van der Waals surface area contributed by atoms with Gasteiger partial charge in [0, 0.05) is 0 Å². The van der Waals surface area contributed by atoms with Crippen LogP contribution in [0.1, 0.15) is 0 Å². The first-order chi connectivity index (χ1) is 2.83. The van der Waals surface area contributed by atoms with Crippen molar-refractivity contribution in [1.82, 2.24) is 0 Å². The summed E-state index contributed by atoms with van der Waals surface area (Å²) in [5, 5.41) is 16.9. The van der Waals surface area contributed by atoms with Crippen LogP contribution in [0.3, 0.4) is 0 Å². The van der Waals surface area contributed by atoms with Gasteiger partial charge in [-0.3, -0.25) is 0 Å². The van der Waals surface area contributed by atoms with Gasteiger partial charge in [0.15, 0.2) is 0 Å². The van der Waals surface area contributed by atoms with Crippen molar-refractivity contribution in [2.45, 2.75) is 0 Å². The fourth-order valence-electron chi connectivity index (χ4n) is 0. The summed E-state index contributed by atoms with van der Waals surface area (Å²) in [4.78, 5) is 0. The Morgan fingerprint density at radius 3 is 1.00 bits per heavy atom. The number of hydrogen-bond donors (Lipinski definition) is 0. The molecule has 0 saturated heterocycles. The Balaban J connectivity index is -0.0000000400. The van der Waals surface area contributed by atoms with Gasteiger partial charge in [-0.2, -0.15) is 0 Å². The van der Waals surface area contributed by atoms with Crippen LogP contribution < -0.4 is 0 Å². The molecule has 2 nitrogen and oxygen atoms in total. The molecule has 0 saturated carbocycles. The molecular formula is C2CdN2S2. The summed E-state index contributed by atoms with van der Waals surface area (Å²) in [6, 6.07) is 0. The standard InChI is InChI=1S/2CHNS.Cd/c2*2-1-3;/h2*3H;/q;;+2/p-2. The minimum absolute atomic E-state index is 0. The van der Waals surface area contributed by atoms with Gasteiger partial charge in [-0.05, 0) is 0 Å². The largest absolute Gasteiger partial charge is 2.00 e. The van der Waals surface area contributed by atoms with Gasteiger partial charge in [0.2, 0.25) is 0 Å². The van der Waals surface area contributed by atoms with E-state index in [1.54, 1.807) is 0 Å². The van der Waals surface area contributed by atoms with E-state index in [1.165, 1.54) is 10.8 Å². The molecule has 0 fully saturated rings. The van der Waals surface area contributed by atoms with Gasteiger partial charge >= 0.3 is 27.3 Å². The molecule has 0 rings (SSSR count). The van der Waals surface area contributed by atoms with Crippen molar-refractivity contribution in [2.24, 2.45) is 0 Å². The maximum Gasteiger partial charge on any atom is 2.00 e. The van der Waals surface area contributed by atoms with Crippen LogP contribution in [0.5, 0.6) is 0 Å². The maximum absolute atomic E-state index is 7.13. The van der Waals surface area contributed by atoms with Crippen LogP contribution in [0, 0.1) is 21.3 Å². The second-order valence-electron chi connectivity index (χ2n) is 0.183. The van der Waals surface area contributed by atoms with Gasteiger partial charge in [0.05, 0.1) is 0 Å². The third-order valence-corrected chi connectivity index (χ3v) is 0. The second-order valence-corrected chi connectivity index (χ2v) is 0.548. The molecule has 0 heterocycles. The average Bonchev–Trinajstić information content (AvgIpc) is 1.39. The van der Waals surface area contributed by atoms with Crippen molar-refractivity contribution in [3.05, 3.63) is 0 Å². The van der Waals surface area contributed by atoms with Crippen LogP contribution in [0.15, 0.2) is 0 Å². The molecule has 32 valence electrons. The van der Waals surface area contributed by atoms with Gasteiger partial charge in [0.1, 0.15) is 0 Å². The Bertz CT molecular complexity index is 68.7. The minimum Gasteiger partial charge on any atom is -0.696 e. The Labute approximate surface area is 73.5 Å². The third kappa shape index (κ3) is 1020. The summed E-state index contributed by atoms with van der Waals surface area (Å²) < 4.78 is 0. The summed E-state index contributed by atoms with van der Waals surface area (Å²) in [7, 11) is 0. The van der Waals surface area contributed by atoms with Crippen LogP contribution in [0.2, 0.25) is 0 Å². The molecular weight excluding hydrogens is 229 g/mol. The fraction of sp³-hybridized carbons (Fsp3) is 0. The molecule has 0 atom stereocenters. The van der Waals surface area contributed by atoms with Crippen molar-refractivity contribution in [3.8, 4) is 10.8 Å². The van der Waals surface area contributed by atoms with E-state index in [4.69, 9.17) is 10.5 Å². The zero-order chi connectivity index (χ0) is 5.41. The van der Waals surface area contributed by atoms with E-state index in [0.717, 1.165) is 0 Å². The van der Waals surface area contributed by atoms with Crippen molar-refractivity contribution >= 4 is 25.3 Å². The van der Waals surface area contributed by atoms with Crippen LogP contribution in [-0.2, 0) is 52.6 Å². The van der Waals surface area contributed by atoms with Gasteiger partial charge in [-0.25, -0.2) is 10.5 Å². The van der Waals surface area contributed by atoms with E-state index in [-0.39, 0.29) is 27.3 Å². The number of rotatable bonds is 0. The Morgan fingerprint density at radius 1 is 1.00 bits per heavy atom. The minimum atomic E-state index is 0. The van der Waals surface area contributed by atoms with Crippen LogP contribution in [0.4, 0.5) is 0 Å². The zero-order valence-corrected chi connectivity index (χ0v) is 9.09. The molecule has 0 amide bonds. The monoisotopic (exact) mass is 230 g/mol. The molecule has 0 aliphatic carbocycles. The van der Waals surface area contributed by atoms with Gasteiger partial charge in [-0.15, -0.1) is 0 Å². The molecule has 0 radical (unpaired) electrons. The molecule has 0 aromatic rings. The van der Waals surface area contributed by atoms with Crippen molar-refractivity contribution in [1.29, 1.82) is 10.5 Å². The maximum atomic E-state index is 7.13. The molecule has 0 aromatic carbocycles. The predicted octanol–water partition coefficient (Wildman–Crippen LogP) is 0.0263. The first kappa shape index (κ1) is 15.7. The molecule has 0 aliphatic rings. The van der Waals surface area contributed by atoms with Crippen molar-refractivity contribution in [2.75, 3.05) is 0 Å². The number of nitrogens with zero attached hydrogens (tertiary/aromatic N) is 2. The molecule has 0 aromatic heterocycles. The van der Waals surface area contributed by atoms with E-state index in [1.807, 2.05) is 0 Å². The van der Waals surface area contributed by atoms with Gasteiger partial charge in [-0.1, -0.05) is 10.8 Å². The van der Waals surface area contributed by atoms with E-state index in [0.29, 0.717) is 0 Å². The van der Waals surface area contributed by atoms with E-state index >= 15 is 0 Å². The quantitative estimate of drug-likeness (QED) is 0.333. The first-order valence-electron chi connectivity index (χ1n) is 0.855. The summed E-state index contributed by atoms with van der Waals surface area (Å²) in [5.74, 6) is 0. The molecule has 0 spiro atoms. The Morgan fingerprint density at radius 2 is 1.00 bits per heavy atom.